The van der Waals surface area contributed by atoms with Crippen LogP contribution >= 0.6 is 0 Å². The van der Waals surface area contributed by atoms with E-state index in [0.29, 0.717) is 18.8 Å². The molecule has 0 amide bonds. The molecule has 1 aromatic rings. The lowest BCUT2D eigenvalue weighted by molar-refractivity contribution is 0.285. The molecule has 0 radical (unpaired) electrons. The molecule has 21 heavy (non-hydrogen) atoms. The monoisotopic (exact) mass is 314 g/mol. The molecule has 2 rings (SSSR count). The van der Waals surface area contributed by atoms with E-state index < -0.39 is 26.4 Å². The minimum Gasteiger partial charge on any atom is -0.386 e. The van der Waals surface area contributed by atoms with Gasteiger partial charge in [-0.3, -0.25) is 5.41 Å². The van der Waals surface area contributed by atoms with E-state index in [1.54, 1.807) is 0 Å². The highest BCUT2D eigenvalue weighted by Gasteiger charge is 2.41. The summed E-state index contributed by atoms with van der Waals surface area (Å²) in [4.78, 5) is 3.58. The maximum absolute atomic E-state index is 13.7. The second-order valence-electron chi connectivity index (χ2n) is 5.57. The molecule has 1 heterocycles. The van der Waals surface area contributed by atoms with Crippen LogP contribution in [0.2, 0.25) is 0 Å². The first kappa shape index (κ1) is 15.8. The van der Waals surface area contributed by atoms with Crippen LogP contribution in [-0.4, -0.2) is 24.8 Å². The Hall–Kier alpha value is -1.54. The maximum atomic E-state index is 13.7. The van der Waals surface area contributed by atoms with E-state index in [0.717, 1.165) is 18.9 Å². The molecule has 0 unspecified atom stereocenters. The Kier molecular flexibility index (Phi) is 4.29. The minimum absolute atomic E-state index is 0.241. The molecule has 1 aromatic heterocycles. The predicted octanol–water partition coefficient (Wildman–Crippen LogP) is 1.38. The first-order chi connectivity index (χ1) is 9.77. The highest BCUT2D eigenvalue weighted by Crippen LogP contribution is 2.33. The molecule has 4 N–H and O–H groups in total. The molecule has 0 spiro atoms. The van der Waals surface area contributed by atoms with Crippen molar-refractivity contribution >= 4 is 15.9 Å². The molecular formula is C13H19FN4O2S. The van der Waals surface area contributed by atoms with Crippen molar-refractivity contribution in [1.29, 1.82) is 5.41 Å². The van der Waals surface area contributed by atoms with Crippen LogP contribution in [-0.2, 0) is 10.0 Å². The molecule has 1 aliphatic rings. The molecule has 0 saturated heterocycles. The average molecular weight is 314 g/mol. The molecule has 0 aromatic carbocycles. The topological polar surface area (TPSA) is 109 Å². The van der Waals surface area contributed by atoms with Gasteiger partial charge in [0.1, 0.15) is 5.84 Å². The van der Waals surface area contributed by atoms with Gasteiger partial charge in [0.15, 0.2) is 5.82 Å². The number of halogens is 1. The lowest BCUT2D eigenvalue weighted by atomic mass is 9.77. The zero-order chi connectivity index (χ0) is 15.7. The van der Waals surface area contributed by atoms with E-state index >= 15 is 0 Å². The second-order valence-corrected chi connectivity index (χ2v) is 7.17. The number of sulfonamides is 1. The van der Waals surface area contributed by atoms with Gasteiger partial charge in [-0.15, -0.1) is 0 Å². The number of nitrogens with one attached hydrogen (secondary N) is 2. The normalized spacial score (nSPS) is 26.5. The van der Waals surface area contributed by atoms with Gasteiger partial charge in [0, 0.05) is 6.20 Å². The summed E-state index contributed by atoms with van der Waals surface area (Å²) < 4.78 is 40.8. The van der Waals surface area contributed by atoms with Crippen molar-refractivity contribution in [2.45, 2.75) is 43.2 Å². The molecule has 6 nitrogen and oxygen atoms in total. The van der Waals surface area contributed by atoms with Gasteiger partial charge in [-0.25, -0.2) is 17.8 Å². The molecule has 8 heteroatoms. The van der Waals surface area contributed by atoms with E-state index in [9.17, 15) is 12.8 Å². The fourth-order valence-corrected chi connectivity index (χ4v) is 4.01. The zero-order valence-corrected chi connectivity index (χ0v) is 12.6. The summed E-state index contributed by atoms with van der Waals surface area (Å²) in [5, 5.41) is 7.07. The number of hydrogen-bond acceptors (Lipinski definition) is 4. The van der Waals surface area contributed by atoms with Crippen molar-refractivity contribution in [3.63, 3.8) is 0 Å². The Balaban J connectivity index is 2.33. The number of aromatic nitrogens is 1. The number of hydrogen-bond donors (Lipinski definition) is 3. The summed E-state index contributed by atoms with van der Waals surface area (Å²) in [6, 6.07) is 2.35. The fourth-order valence-electron chi connectivity index (χ4n) is 2.56. The van der Waals surface area contributed by atoms with Gasteiger partial charge in [-0.05, 0) is 43.7 Å². The van der Waals surface area contributed by atoms with E-state index in [1.165, 1.54) is 12.3 Å². The average Bonchev–Trinajstić information content (AvgIpc) is 2.41. The maximum Gasteiger partial charge on any atom is 0.261 e. The van der Waals surface area contributed by atoms with Gasteiger partial charge in [0.05, 0.1) is 5.54 Å². The summed E-state index contributed by atoms with van der Waals surface area (Å²) in [6.07, 6.45) is 3.58. The van der Waals surface area contributed by atoms with Crippen molar-refractivity contribution in [2.24, 2.45) is 11.7 Å². The van der Waals surface area contributed by atoms with Gasteiger partial charge in [0.2, 0.25) is 5.03 Å². The Morgan fingerprint density at radius 2 is 2.14 bits per heavy atom. The van der Waals surface area contributed by atoms with E-state index in [1.807, 2.05) is 0 Å². The number of nitrogens with zero attached hydrogens (tertiary/aromatic N) is 1. The second kappa shape index (κ2) is 5.69. The standard InChI is InChI=1S/C13H19FN4O2S/c1-9-4-6-13(7-5-9,12(15)16)18-21(19,20)11-10(14)3-2-8-17-11/h2-3,8-9,18H,4-7H2,1H3,(H3,15,16). The van der Waals surface area contributed by atoms with Crippen LogP contribution in [0.5, 0.6) is 0 Å². The van der Waals surface area contributed by atoms with Gasteiger partial charge >= 0.3 is 0 Å². The van der Waals surface area contributed by atoms with Crippen LogP contribution in [0.3, 0.4) is 0 Å². The number of amidine groups is 1. The summed E-state index contributed by atoms with van der Waals surface area (Å²) in [5.74, 6) is -0.712. The zero-order valence-electron chi connectivity index (χ0n) is 11.8. The highest BCUT2D eigenvalue weighted by molar-refractivity contribution is 7.89. The van der Waals surface area contributed by atoms with E-state index in [-0.39, 0.29) is 5.84 Å². The van der Waals surface area contributed by atoms with Crippen LogP contribution in [0.25, 0.3) is 0 Å². The lowest BCUT2D eigenvalue weighted by Crippen LogP contribution is -2.58. The Morgan fingerprint density at radius 1 is 1.52 bits per heavy atom. The van der Waals surface area contributed by atoms with Crippen molar-refractivity contribution in [2.75, 3.05) is 0 Å². The van der Waals surface area contributed by atoms with E-state index in [4.69, 9.17) is 11.1 Å². The van der Waals surface area contributed by atoms with E-state index in [2.05, 4.69) is 16.6 Å². The summed E-state index contributed by atoms with van der Waals surface area (Å²) in [6.45, 7) is 2.07. The van der Waals surface area contributed by atoms with Crippen LogP contribution in [0, 0.1) is 17.1 Å². The highest BCUT2D eigenvalue weighted by atomic mass is 32.2. The molecule has 0 aliphatic heterocycles. The van der Waals surface area contributed by atoms with Crippen LogP contribution < -0.4 is 10.5 Å². The number of pyridine rings is 1. The molecule has 0 atom stereocenters. The Bertz CT molecular complexity index is 639. The molecule has 1 aliphatic carbocycles. The molecule has 116 valence electrons. The van der Waals surface area contributed by atoms with Crippen molar-refractivity contribution < 1.29 is 12.8 Å². The SMILES string of the molecule is CC1CCC(NS(=O)(=O)c2ncccc2F)(C(=N)N)CC1. The van der Waals surface area contributed by atoms with Gasteiger partial charge in [-0.2, -0.15) is 4.72 Å². The quantitative estimate of drug-likeness (QED) is 0.576. The Morgan fingerprint density at radius 3 is 2.67 bits per heavy atom. The predicted molar refractivity (Wildman–Crippen MR) is 76.8 cm³/mol. The molecule has 0 bridgehead atoms. The van der Waals surface area contributed by atoms with Crippen molar-refractivity contribution in [3.8, 4) is 0 Å². The molecule has 1 fully saturated rings. The third kappa shape index (κ3) is 3.21. The number of rotatable bonds is 4. The third-order valence-corrected chi connectivity index (χ3v) is 5.42. The van der Waals surface area contributed by atoms with Crippen LogP contribution in [0.4, 0.5) is 4.39 Å². The van der Waals surface area contributed by atoms with Crippen LogP contribution in [0.15, 0.2) is 23.4 Å². The fraction of sp³-hybridized carbons (Fsp3) is 0.538. The van der Waals surface area contributed by atoms with Crippen LogP contribution in [0.1, 0.15) is 32.6 Å². The summed E-state index contributed by atoms with van der Waals surface area (Å²) in [5.41, 5.74) is 4.47. The van der Waals surface area contributed by atoms with Gasteiger partial charge < -0.3 is 5.73 Å². The largest absolute Gasteiger partial charge is 0.386 e. The number of nitrogens with two attached hydrogens (primary N) is 1. The third-order valence-electron chi connectivity index (χ3n) is 3.95. The van der Waals surface area contributed by atoms with Gasteiger partial charge in [-0.1, -0.05) is 6.92 Å². The molecule has 1 saturated carbocycles. The van der Waals surface area contributed by atoms with Crippen molar-refractivity contribution in [3.05, 3.63) is 24.1 Å². The van der Waals surface area contributed by atoms with Crippen molar-refractivity contribution in [1.82, 2.24) is 9.71 Å². The first-order valence-electron chi connectivity index (χ1n) is 6.76. The lowest BCUT2D eigenvalue weighted by Gasteiger charge is -2.38. The Labute approximate surface area is 123 Å². The minimum atomic E-state index is -4.17. The summed E-state index contributed by atoms with van der Waals surface area (Å²) in [7, 11) is -4.17. The first-order valence-corrected chi connectivity index (χ1v) is 8.24. The van der Waals surface area contributed by atoms with Gasteiger partial charge in [0.25, 0.3) is 10.0 Å². The smallest absolute Gasteiger partial charge is 0.261 e. The summed E-state index contributed by atoms with van der Waals surface area (Å²) >= 11 is 0. The molecular weight excluding hydrogens is 295 g/mol.